The molecule has 150 valence electrons. The van der Waals surface area contributed by atoms with Crippen molar-refractivity contribution in [3.8, 4) is 17.2 Å². The van der Waals surface area contributed by atoms with E-state index in [2.05, 4.69) is 20.8 Å². The quantitative estimate of drug-likeness (QED) is 0.717. The number of amides is 1. The molecule has 1 heterocycles. The smallest absolute Gasteiger partial charge is 0.253 e. The van der Waals surface area contributed by atoms with Crippen molar-refractivity contribution >= 4 is 5.91 Å². The van der Waals surface area contributed by atoms with Crippen LogP contribution in [0.4, 0.5) is 0 Å². The van der Waals surface area contributed by atoms with Crippen LogP contribution in [0.3, 0.4) is 0 Å². The standard InChI is InChI=1S/C21H23N5O3/c1-12-5-7-15(20(13(12)2)26-11-22-24-25-26)21(27)23-17-8-6-14-9-18(28-3)19(29-4)10-16(14)17/h5,7,9-11,17H,6,8H2,1-4H3,(H,23,27)/t17-/m0/s1. The number of carbonyl (C=O) groups excluding carboxylic acids is 1. The number of hydrogen-bond donors (Lipinski definition) is 1. The van der Waals surface area contributed by atoms with Crippen LogP contribution in [0.2, 0.25) is 0 Å². The molecule has 0 bridgehead atoms. The number of nitrogens with zero attached hydrogens (tertiary/aromatic N) is 4. The lowest BCUT2D eigenvalue weighted by Crippen LogP contribution is -2.28. The van der Waals surface area contributed by atoms with Crippen LogP contribution in [0.5, 0.6) is 11.5 Å². The first-order valence-corrected chi connectivity index (χ1v) is 9.42. The Hall–Kier alpha value is -3.42. The van der Waals surface area contributed by atoms with Crippen molar-refractivity contribution in [2.75, 3.05) is 14.2 Å². The van der Waals surface area contributed by atoms with Crippen LogP contribution in [0.15, 0.2) is 30.6 Å². The van der Waals surface area contributed by atoms with Crippen molar-refractivity contribution in [3.63, 3.8) is 0 Å². The first kappa shape index (κ1) is 18.9. The summed E-state index contributed by atoms with van der Waals surface area (Å²) in [6, 6.07) is 7.60. The molecule has 2 aromatic carbocycles. The first-order chi connectivity index (χ1) is 14.0. The molecule has 1 amide bonds. The number of rotatable bonds is 5. The summed E-state index contributed by atoms with van der Waals surface area (Å²) in [4.78, 5) is 13.2. The van der Waals surface area contributed by atoms with Gasteiger partial charge in [0.1, 0.15) is 6.33 Å². The van der Waals surface area contributed by atoms with Crippen LogP contribution in [-0.4, -0.2) is 40.3 Å². The van der Waals surface area contributed by atoms with Crippen molar-refractivity contribution in [3.05, 3.63) is 58.4 Å². The molecule has 8 heteroatoms. The van der Waals surface area contributed by atoms with E-state index in [1.807, 2.05) is 38.1 Å². The van der Waals surface area contributed by atoms with Gasteiger partial charge in [-0.3, -0.25) is 4.79 Å². The highest BCUT2D eigenvalue weighted by atomic mass is 16.5. The van der Waals surface area contributed by atoms with E-state index in [4.69, 9.17) is 9.47 Å². The van der Waals surface area contributed by atoms with Crippen molar-refractivity contribution in [1.29, 1.82) is 0 Å². The normalized spacial score (nSPS) is 15.1. The van der Waals surface area contributed by atoms with Crippen molar-refractivity contribution in [1.82, 2.24) is 25.5 Å². The van der Waals surface area contributed by atoms with Crippen LogP contribution in [0.1, 0.15) is 45.1 Å². The number of ether oxygens (including phenoxy) is 2. The van der Waals surface area contributed by atoms with Crippen LogP contribution >= 0.6 is 0 Å². The number of fused-ring (bicyclic) bond motifs is 1. The Bertz CT molecular complexity index is 1060. The fourth-order valence-electron chi connectivity index (χ4n) is 3.86. The number of benzene rings is 2. The van der Waals surface area contributed by atoms with Gasteiger partial charge in [-0.1, -0.05) is 6.07 Å². The highest BCUT2D eigenvalue weighted by Gasteiger charge is 2.28. The van der Waals surface area contributed by atoms with Crippen LogP contribution in [-0.2, 0) is 6.42 Å². The van der Waals surface area contributed by atoms with Crippen molar-refractivity contribution in [2.24, 2.45) is 0 Å². The van der Waals surface area contributed by atoms with Crippen molar-refractivity contribution < 1.29 is 14.3 Å². The van der Waals surface area contributed by atoms with E-state index in [1.165, 1.54) is 11.0 Å². The van der Waals surface area contributed by atoms with Gasteiger partial charge in [0.15, 0.2) is 11.5 Å². The molecule has 0 radical (unpaired) electrons. The first-order valence-electron chi connectivity index (χ1n) is 9.42. The monoisotopic (exact) mass is 393 g/mol. The highest BCUT2D eigenvalue weighted by Crippen LogP contribution is 2.39. The largest absolute Gasteiger partial charge is 0.493 e. The molecule has 1 aliphatic rings. The molecule has 29 heavy (non-hydrogen) atoms. The Morgan fingerprint density at radius 1 is 1.17 bits per heavy atom. The molecular weight excluding hydrogens is 370 g/mol. The number of aromatic nitrogens is 4. The molecule has 0 saturated heterocycles. The predicted molar refractivity (Wildman–Crippen MR) is 107 cm³/mol. The van der Waals surface area contributed by atoms with Gasteiger partial charge >= 0.3 is 0 Å². The summed E-state index contributed by atoms with van der Waals surface area (Å²) < 4.78 is 12.4. The van der Waals surface area contributed by atoms with Gasteiger partial charge in [-0.25, -0.2) is 0 Å². The van der Waals surface area contributed by atoms with Gasteiger partial charge in [0.05, 0.1) is 31.5 Å². The summed E-state index contributed by atoms with van der Waals surface area (Å²) >= 11 is 0. The minimum Gasteiger partial charge on any atom is -0.493 e. The topological polar surface area (TPSA) is 91.2 Å². The molecule has 0 spiro atoms. The third-order valence-corrected chi connectivity index (χ3v) is 5.55. The van der Waals surface area contributed by atoms with Gasteiger partial charge in [-0.05, 0) is 77.6 Å². The Morgan fingerprint density at radius 3 is 2.62 bits per heavy atom. The molecule has 1 aliphatic carbocycles. The number of nitrogens with one attached hydrogen (secondary N) is 1. The van der Waals surface area contributed by atoms with E-state index in [9.17, 15) is 4.79 Å². The second-order valence-electron chi connectivity index (χ2n) is 7.13. The zero-order valence-electron chi connectivity index (χ0n) is 16.9. The number of aryl methyl sites for hydroxylation is 2. The fourth-order valence-corrected chi connectivity index (χ4v) is 3.86. The Morgan fingerprint density at radius 2 is 1.93 bits per heavy atom. The van der Waals surface area contributed by atoms with E-state index >= 15 is 0 Å². The molecule has 1 N–H and O–H groups in total. The molecular formula is C21H23N5O3. The number of carbonyl (C=O) groups is 1. The van der Waals surface area contributed by atoms with Gasteiger partial charge < -0.3 is 14.8 Å². The third kappa shape index (κ3) is 3.30. The van der Waals surface area contributed by atoms with E-state index in [1.54, 1.807) is 14.2 Å². The Labute approximate surface area is 168 Å². The lowest BCUT2D eigenvalue weighted by molar-refractivity contribution is 0.0936. The number of hydrogen-bond acceptors (Lipinski definition) is 6. The van der Waals surface area contributed by atoms with Gasteiger partial charge in [0.25, 0.3) is 5.91 Å². The maximum Gasteiger partial charge on any atom is 0.253 e. The summed E-state index contributed by atoms with van der Waals surface area (Å²) in [6.07, 6.45) is 3.19. The Balaban J connectivity index is 1.67. The fraction of sp³-hybridized carbons (Fsp3) is 0.333. The molecule has 1 aromatic heterocycles. The summed E-state index contributed by atoms with van der Waals surface area (Å²) in [5.74, 6) is 1.20. The average molecular weight is 393 g/mol. The molecule has 1 atom stereocenters. The van der Waals surface area contributed by atoms with E-state index in [0.29, 0.717) is 22.7 Å². The van der Waals surface area contributed by atoms with Gasteiger partial charge in [0, 0.05) is 0 Å². The van der Waals surface area contributed by atoms with E-state index in [0.717, 1.165) is 35.1 Å². The second-order valence-corrected chi connectivity index (χ2v) is 7.13. The zero-order valence-corrected chi connectivity index (χ0v) is 16.9. The van der Waals surface area contributed by atoms with Gasteiger partial charge in [0.2, 0.25) is 0 Å². The lowest BCUT2D eigenvalue weighted by atomic mass is 10.0. The Kier molecular flexibility index (Phi) is 4.92. The third-order valence-electron chi connectivity index (χ3n) is 5.55. The number of tetrazole rings is 1. The van der Waals surface area contributed by atoms with Crippen LogP contribution in [0, 0.1) is 13.8 Å². The maximum atomic E-state index is 13.2. The average Bonchev–Trinajstić information content (AvgIpc) is 3.39. The molecule has 3 aromatic rings. The highest BCUT2D eigenvalue weighted by molar-refractivity contribution is 5.98. The second kappa shape index (κ2) is 7.54. The predicted octanol–water partition coefficient (Wildman–Crippen LogP) is 2.71. The minimum absolute atomic E-state index is 0.0966. The summed E-state index contributed by atoms with van der Waals surface area (Å²) in [5, 5.41) is 14.6. The molecule has 0 saturated carbocycles. The van der Waals surface area contributed by atoms with Crippen LogP contribution < -0.4 is 14.8 Å². The molecule has 4 rings (SSSR count). The zero-order chi connectivity index (χ0) is 20.5. The number of methoxy groups -OCH3 is 2. The lowest BCUT2D eigenvalue weighted by Gasteiger charge is -2.18. The molecule has 8 nitrogen and oxygen atoms in total. The molecule has 0 aliphatic heterocycles. The summed E-state index contributed by atoms with van der Waals surface area (Å²) in [5.41, 5.74) is 5.48. The molecule has 0 unspecified atom stereocenters. The van der Waals surface area contributed by atoms with Crippen molar-refractivity contribution in [2.45, 2.75) is 32.7 Å². The SMILES string of the molecule is COc1cc2c(cc1OC)[C@@H](NC(=O)c1ccc(C)c(C)c1-n1cnnn1)CC2. The maximum absolute atomic E-state index is 13.2. The summed E-state index contributed by atoms with van der Waals surface area (Å²) in [7, 11) is 3.24. The van der Waals surface area contributed by atoms with Gasteiger partial charge in [-0.2, -0.15) is 4.68 Å². The van der Waals surface area contributed by atoms with Gasteiger partial charge in [-0.15, -0.1) is 5.10 Å². The van der Waals surface area contributed by atoms with E-state index < -0.39 is 0 Å². The van der Waals surface area contributed by atoms with Crippen LogP contribution in [0.25, 0.3) is 5.69 Å². The summed E-state index contributed by atoms with van der Waals surface area (Å²) in [6.45, 7) is 3.96. The minimum atomic E-state index is -0.161. The van der Waals surface area contributed by atoms with E-state index in [-0.39, 0.29) is 11.9 Å². The molecule has 0 fully saturated rings.